The Morgan fingerprint density at radius 1 is 1.23 bits per heavy atom. The monoisotopic (exact) mass is 328 g/mol. The maximum absolute atomic E-state index is 13.4. The molecule has 6 heteroatoms. The Morgan fingerprint density at radius 2 is 1.86 bits per heavy atom. The fourth-order valence-electron chi connectivity index (χ4n) is 1.62. The van der Waals surface area contributed by atoms with Crippen molar-refractivity contribution < 1.29 is 23.5 Å². The zero-order valence-electron chi connectivity index (χ0n) is 12.5. The fourth-order valence-corrected chi connectivity index (χ4v) is 1.82. The van der Waals surface area contributed by atoms with Crippen LogP contribution >= 0.6 is 11.6 Å². The first-order valence-electron chi connectivity index (χ1n) is 6.98. The van der Waals surface area contributed by atoms with Crippen LogP contribution in [0.1, 0.15) is 26.7 Å². The van der Waals surface area contributed by atoms with Crippen molar-refractivity contribution in [2.45, 2.75) is 26.7 Å². The van der Waals surface area contributed by atoms with Crippen LogP contribution in [0.15, 0.2) is 30.4 Å². The van der Waals surface area contributed by atoms with Crippen LogP contribution in [0.4, 0.5) is 4.39 Å². The van der Waals surface area contributed by atoms with Gasteiger partial charge in [-0.1, -0.05) is 44.4 Å². The quantitative estimate of drug-likeness (QED) is 0.432. The minimum absolute atomic E-state index is 0.0296. The SMILES string of the molecule is CCC(CC)COC(=O)/C=C/C(=O)Oc1c(F)cccc1Cl. The summed E-state index contributed by atoms with van der Waals surface area (Å²) in [5.74, 6) is -2.40. The van der Waals surface area contributed by atoms with Crippen LogP contribution in [-0.4, -0.2) is 18.5 Å². The predicted octanol–water partition coefficient (Wildman–Crippen LogP) is 3.92. The van der Waals surface area contributed by atoms with E-state index in [4.69, 9.17) is 21.1 Å². The van der Waals surface area contributed by atoms with Crippen molar-refractivity contribution in [3.63, 3.8) is 0 Å². The molecule has 0 aliphatic heterocycles. The Kier molecular flexibility index (Phi) is 7.60. The fraction of sp³-hybridized carbons (Fsp3) is 0.375. The van der Waals surface area contributed by atoms with Crippen LogP contribution < -0.4 is 4.74 Å². The molecule has 120 valence electrons. The summed E-state index contributed by atoms with van der Waals surface area (Å²) in [5, 5.41) is -0.0296. The van der Waals surface area contributed by atoms with Gasteiger partial charge in [0.05, 0.1) is 11.6 Å². The number of hydrogen-bond donors (Lipinski definition) is 0. The number of halogens is 2. The van der Waals surface area contributed by atoms with E-state index in [1.54, 1.807) is 0 Å². The first kappa shape index (κ1) is 18.2. The summed E-state index contributed by atoms with van der Waals surface area (Å²) < 4.78 is 23.2. The van der Waals surface area contributed by atoms with Crippen molar-refractivity contribution in [1.29, 1.82) is 0 Å². The summed E-state index contributed by atoms with van der Waals surface area (Å²) in [4.78, 5) is 23.0. The number of rotatable bonds is 7. The highest BCUT2D eigenvalue weighted by Gasteiger charge is 2.12. The molecular formula is C16H18ClFO4. The van der Waals surface area contributed by atoms with Crippen LogP contribution in [0.2, 0.25) is 5.02 Å². The maximum Gasteiger partial charge on any atom is 0.336 e. The van der Waals surface area contributed by atoms with E-state index in [0.717, 1.165) is 31.1 Å². The standard InChI is InChI=1S/C16H18ClFO4/c1-3-11(4-2)10-21-14(19)8-9-15(20)22-16-12(17)6-5-7-13(16)18/h5-9,11H,3-4,10H2,1-2H3/b9-8+. The topological polar surface area (TPSA) is 52.6 Å². The number of carbonyl (C=O) groups excluding carboxylic acids is 2. The molecule has 0 bridgehead atoms. The number of esters is 2. The van der Waals surface area contributed by atoms with Gasteiger partial charge in [-0.3, -0.25) is 0 Å². The molecule has 1 aromatic rings. The Bertz CT molecular complexity index is 533. The lowest BCUT2D eigenvalue weighted by molar-refractivity contribution is -0.139. The molecule has 0 aromatic heterocycles. The van der Waals surface area contributed by atoms with Crippen LogP contribution in [-0.2, 0) is 14.3 Å². The maximum atomic E-state index is 13.4. The van der Waals surface area contributed by atoms with Crippen molar-refractivity contribution in [2.24, 2.45) is 5.92 Å². The summed E-state index contributed by atoms with van der Waals surface area (Å²) in [6, 6.07) is 3.89. The van der Waals surface area contributed by atoms with Gasteiger partial charge in [0, 0.05) is 12.2 Å². The lowest BCUT2D eigenvalue weighted by Gasteiger charge is -2.11. The second-order valence-corrected chi connectivity index (χ2v) is 5.02. The van der Waals surface area contributed by atoms with Gasteiger partial charge < -0.3 is 9.47 Å². The lowest BCUT2D eigenvalue weighted by Crippen LogP contribution is -2.12. The molecule has 0 unspecified atom stereocenters. The molecule has 1 rings (SSSR count). The highest BCUT2D eigenvalue weighted by molar-refractivity contribution is 6.32. The third-order valence-electron chi connectivity index (χ3n) is 3.09. The molecule has 0 aliphatic rings. The van der Waals surface area contributed by atoms with E-state index < -0.39 is 17.8 Å². The number of carbonyl (C=O) groups is 2. The molecule has 0 heterocycles. The lowest BCUT2D eigenvalue weighted by atomic mass is 10.1. The summed E-state index contributed by atoms with van der Waals surface area (Å²) in [7, 11) is 0. The second-order valence-electron chi connectivity index (χ2n) is 4.62. The van der Waals surface area contributed by atoms with E-state index in [0.29, 0.717) is 12.5 Å². The van der Waals surface area contributed by atoms with E-state index >= 15 is 0 Å². The van der Waals surface area contributed by atoms with Crippen LogP contribution in [0.25, 0.3) is 0 Å². The normalized spacial score (nSPS) is 11.0. The van der Waals surface area contributed by atoms with Gasteiger partial charge in [-0.15, -0.1) is 0 Å². The smallest absolute Gasteiger partial charge is 0.336 e. The molecular weight excluding hydrogens is 311 g/mol. The van der Waals surface area contributed by atoms with Gasteiger partial charge in [0.2, 0.25) is 0 Å². The molecule has 0 fully saturated rings. The van der Waals surface area contributed by atoms with Gasteiger partial charge in [-0.05, 0) is 18.1 Å². The number of para-hydroxylation sites is 1. The second kappa shape index (κ2) is 9.20. The molecule has 0 atom stereocenters. The molecule has 0 radical (unpaired) electrons. The molecule has 0 saturated carbocycles. The number of hydrogen-bond acceptors (Lipinski definition) is 4. The van der Waals surface area contributed by atoms with Gasteiger partial charge in [-0.2, -0.15) is 0 Å². The van der Waals surface area contributed by atoms with Gasteiger partial charge in [0.25, 0.3) is 0 Å². The van der Waals surface area contributed by atoms with Gasteiger partial charge in [0.15, 0.2) is 11.6 Å². The largest absolute Gasteiger partial charge is 0.462 e. The van der Waals surface area contributed by atoms with Gasteiger partial charge in [-0.25, -0.2) is 14.0 Å². The Morgan fingerprint density at radius 3 is 2.45 bits per heavy atom. The molecule has 0 N–H and O–H groups in total. The summed E-state index contributed by atoms with van der Waals surface area (Å²) in [6.45, 7) is 4.31. The average Bonchev–Trinajstić information content (AvgIpc) is 2.50. The highest BCUT2D eigenvalue weighted by Crippen LogP contribution is 2.27. The van der Waals surface area contributed by atoms with Crippen molar-refractivity contribution in [1.82, 2.24) is 0 Å². The predicted molar refractivity (Wildman–Crippen MR) is 81.2 cm³/mol. The minimum atomic E-state index is -0.911. The molecule has 4 nitrogen and oxygen atoms in total. The summed E-state index contributed by atoms with van der Waals surface area (Å²) in [6.07, 6.45) is 3.63. The zero-order chi connectivity index (χ0) is 16.5. The number of ether oxygens (including phenoxy) is 2. The van der Waals surface area contributed by atoms with Crippen LogP contribution in [0.5, 0.6) is 5.75 Å². The van der Waals surface area contributed by atoms with Crippen LogP contribution in [0, 0.1) is 11.7 Å². The summed E-state index contributed by atoms with van der Waals surface area (Å²) in [5.41, 5.74) is 0. The number of benzene rings is 1. The van der Waals surface area contributed by atoms with E-state index in [2.05, 4.69) is 0 Å². The molecule has 0 amide bonds. The van der Waals surface area contributed by atoms with Crippen molar-refractivity contribution >= 4 is 23.5 Å². The van der Waals surface area contributed by atoms with E-state index in [1.807, 2.05) is 13.8 Å². The molecule has 22 heavy (non-hydrogen) atoms. The Labute approximate surface area is 133 Å². The third-order valence-corrected chi connectivity index (χ3v) is 3.39. The van der Waals surface area contributed by atoms with Gasteiger partial charge >= 0.3 is 11.9 Å². The third kappa shape index (κ3) is 5.85. The highest BCUT2D eigenvalue weighted by atomic mass is 35.5. The molecule has 0 aliphatic carbocycles. The molecule has 0 spiro atoms. The van der Waals surface area contributed by atoms with E-state index in [-0.39, 0.29) is 10.8 Å². The molecule has 1 aromatic carbocycles. The van der Waals surface area contributed by atoms with Crippen molar-refractivity contribution in [2.75, 3.05) is 6.61 Å². The van der Waals surface area contributed by atoms with E-state index in [1.165, 1.54) is 12.1 Å². The van der Waals surface area contributed by atoms with Crippen molar-refractivity contribution in [3.8, 4) is 5.75 Å². The van der Waals surface area contributed by atoms with Gasteiger partial charge in [0.1, 0.15) is 0 Å². The zero-order valence-corrected chi connectivity index (χ0v) is 13.2. The van der Waals surface area contributed by atoms with Crippen LogP contribution in [0.3, 0.4) is 0 Å². The molecule has 0 saturated heterocycles. The summed E-state index contributed by atoms with van der Waals surface area (Å²) >= 11 is 5.72. The Balaban J connectivity index is 2.52. The first-order chi connectivity index (χ1) is 10.5. The minimum Gasteiger partial charge on any atom is -0.462 e. The first-order valence-corrected chi connectivity index (χ1v) is 7.36. The van der Waals surface area contributed by atoms with Crippen molar-refractivity contribution in [3.05, 3.63) is 41.2 Å². The Hall–Kier alpha value is -1.88. The average molecular weight is 329 g/mol. The van der Waals surface area contributed by atoms with E-state index in [9.17, 15) is 14.0 Å².